The van der Waals surface area contributed by atoms with Gasteiger partial charge in [0.25, 0.3) is 0 Å². The lowest BCUT2D eigenvalue weighted by Crippen LogP contribution is -2.26. The normalized spacial score (nSPS) is 10.2. The predicted molar refractivity (Wildman–Crippen MR) is 64.2 cm³/mol. The molecule has 1 amide bonds. The largest absolute Gasteiger partial charge is 0.352 e. The number of amides is 1. The fourth-order valence-corrected chi connectivity index (χ4v) is 1.55. The maximum atomic E-state index is 11.6. The molecule has 4 nitrogen and oxygen atoms in total. The molecule has 1 N–H and O–H groups in total. The fraction of sp³-hybridized carbons (Fsp3) is 0.500. The van der Waals surface area contributed by atoms with Gasteiger partial charge in [-0.25, -0.2) is 0 Å². The van der Waals surface area contributed by atoms with E-state index in [4.69, 9.17) is 0 Å². The average Bonchev–Trinajstić information content (AvgIpc) is 2.42. The highest BCUT2D eigenvalue weighted by Gasteiger charge is 2.12. The second kappa shape index (κ2) is 4.96. The summed E-state index contributed by atoms with van der Waals surface area (Å²) < 4.78 is 1.80. The zero-order valence-electron chi connectivity index (χ0n) is 10.4. The molecule has 4 heteroatoms. The third-order valence-electron chi connectivity index (χ3n) is 2.58. The first-order chi connectivity index (χ1) is 7.41. The molecule has 0 aromatic carbocycles. The van der Waals surface area contributed by atoms with Crippen molar-refractivity contribution in [3.63, 3.8) is 0 Å². The van der Waals surface area contributed by atoms with Gasteiger partial charge in [-0.05, 0) is 20.8 Å². The summed E-state index contributed by atoms with van der Waals surface area (Å²) in [5, 5.41) is 7.10. The van der Waals surface area contributed by atoms with Crippen molar-refractivity contribution in [1.29, 1.82) is 0 Å². The molecule has 88 valence electrons. The van der Waals surface area contributed by atoms with E-state index in [1.165, 1.54) is 0 Å². The van der Waals surface area contributed by atoms with Crippen LogP contribution in [0.3, 0.4) is 0 Å². The van der Waals surface area contributed by atoms with Crippen LogP contribution in [-0.4, -0.2) is 22.2 Å². The summed E-state index contributed by atoms with van der Waals surface area (Å²) in [6.45, 7) is 10.1. The molecule has 0 atom stereocenters. The molecule has 0 unspecified atom stereocenters. The minimum absolute atomic E-state index is 0.0159. The summed E-state index contributed by atoms with van der Waals surface area (Å²) in [7, 11) is 1.89. The molecule has 1 rings (SSSR count). The van der Waals surface area contributed by atoms with E-state index >= 15 is 0 Å². The van der Waals surface area contributed by atoms with Crippen molar-refractivity contribution in [1.82, 2.24) is 15.1 Å². The Bertz CT molecular complexity index is 418. The highest BCUT2D eigenvalue weighted by Crippen LogP contribution is 2.12. The van der Waals surface area contributed by atoms with E-state index in [1.807, 2.05) is 27.8 Å². The Morgan fingerprint density at radius 3 is 2.56 bits per heavy atom. The van der Waals surface area contributed by atoms with E-state index in [0.717, 1.165) is 22.5 Å². The molecule has 16 heavy (non-hydrogen) atoms. The molecule has 0 aliphatic heterocycles. The van der Waals surface area contributed by atoms with Crippen LogP contribution in [-0.2, 0) is 18.3 Å². The van der Waals surface area contributed by atoms with Crippen LogP contribution in [0.1, 0.15) is 23.9 Å². The van der Waals surface area contributed by atoms with E-state index in [0.29, 0.717) is 13.0 Å². The zero-order valence-corrected chi connectivity index (χ0v) is 10.4. The fourth-order valence-electron chi connectivity index (χ4n) is 1.55. The van der Waals surface area contributed by atoms with Crippen LogP contribution in [0.2, 0.25) is 0 Å². The number of nitrogens with zero attached hydrogens (tertiary/aromatic N) is 2. The molecular formula is C12H19N3O. The average molecular weight is 221 g/mol. The van der Waals surface area contributed by atoms with Crippen LogP contribution in [0.4, 0.5) is 0 Å². The maximum Gasteiger partial charge on any atom is 0.224 e. The number of carbonyl (C=O) groups is 1. The van der Waals surface area contributed by atoms with E-state index in [9.17, 15) is 4.79 Å². The van der Waals surface area contributed by atoms with Gasteiger partial charge in [-0.2, -0.15) is 5.10 Å². The van der Waals surface area contributed by atoms with Crippen LogP contribution < -0.4 is 5.32 Å². The number of nitrogens with one attached hydrogen (secondary N) is 1. The van der Waals surface area contributed by atoms with Crippen molar-refractivity contribution in [2.24, 2.45) is 7.05 Å². The smallest absolute Gasteiger partial charge is 0.224 e. The van der Waals surface area contributed by atoms with Gasteiger partial charge in [-0.3, -0.25) is 9.48 Å². The molecule has 1 aromatic heterocycles. The van der Waals surface area contributed by atoms with Gasteiger partial charge in [0.2, 0.25) is 5.91 Å². The van der Waals surface area contributed by atoms with Crippen LogP contribution in [0, 0.1) is 13.8 Å². The first-order valence-electron chi connectivity index (χ1n) is 5.32. The number of aryl methyl sites for hydroxylation is 2. The van der Waals surface area contributed by atoms with Crippen molar-refractivity contribution in [2.75, 3.05) is 6.54 Å². The molecular weight excluding hydrogens is 202 g/mol. The molecule has 1 heterocycles. The van der Waals surface area contributed by atoms with Crippen LogP contribution in [0.15, 0.2) is 12.2 Å². The number of hydrogen-bond acceptors (Lipinski definition) is 2. The van der Waals surface area contributed by atoms with Crippen molar-refractivity contribution >= 4 is 5.91 Å². The van der Waals surface area contributed by atoms with Gasteiger partial charge in [0.15, 0.2) is 0 Å². The summed E-state index contributed by atoms with van der Waals surface area (Å²) in [4.78, 5) is 11.6. The summed E-state index contributed by atoms with van der Waals surface area (Å²) in [5.74, 6) is 0.0159. The van der Waals surface area contributed by atoms with Gasteiger partial charge in [0.05, 0.1) is 12.1 Å². The monoisotopic (exact) mass is 221 g/mol. The minimum atomic E-state index is 0.0159. The van der Waals surface area contributed by atoms with Crippen molar-refractivity contribution < 1.29 is 4.79 Å². The number of rotatable bonds is 4. The SMILES string of the molecule is C=C(C)CNC(=O)Cc1c(C)nn(C)c1C. The second-order valence-corrected chi connectivity index (χ2v) is 4.18. The molecule has 0 aliphatic carbocycles. The third-order valence-corrected chi connectivity index (χ3v) is 2.58. The summed E-state index contributed by atoms with van der Waals surface area (Å²) in [6.07, 6.45) is 0.388. The van der Waals surface area contributed by atoms with Crippen LogP contribution in [0.25, 0.3) is 0 Å². The topological polar surface area (TPSA) is 46.9 Å². The van der Waals surface area contributed by atoms with Gasteiger partial charge in [-0.15, -0.1) is 0 Å². The molecule has 1 aromatic rings. The second-order valence-electron chi connectivity index (χ2n) is 4.18. The Labute approximate surface area is 96.3 Å². The van der Waals surface area contributed by atoms with Crippen LogP contribution >= 0.6 is 0 Å². The lowest BCUT2D eigenvalue weighted by molar-refractivity contribution is -0.120. The molecule has 0 saturated heterocycles. The Balaban J connectivity index is 2.66. The van der Waals surface area contributed by atoms with Gasteiger partial charge in [-0.1, -0.05) is 12.2 Å². The Kier molecular flexibility index (Phi) is 3.88. The summed E-state index contributed by atoms with van der Waals surface area (Å²) in [6, 6.07) is 0. The Morgan fingerprint density at radius 2 is 2.12 bits per heavy atom. The number of aromatic nitrogens is 2. The maximum absolute atomic E-state index is 11.6. The molecule has 0 spiro atoms. The van der Waals surface area contributed by atoms with E-state index in [2.05, 4.69) is 17.0 Å². The third kappa shape index (κ3) is 2.95. The van der Waals surface area contributed by atoms with Crippen molar-refractivity contribution in [3.05, 3.63) is 29.1 Å². The first-order valence-corrected chi connectivity index (χ1v) is 5.32. The van der Waals surface area contributed by atoms with Crippen LogP contribution in [0.5, 0.6) is 0 Å². The molecule has 0 bridgehead atoms. The minimum Gasteiger partial charge on any atom is -0.352 e. The molecule has 0 fully saturated rings. The van der Waals surface area contributed by atoms with Crippen molar-refractivity contribution in [3.8, 4) is 0 Å². The quantitative estimate of drug-likeness (QED) is 0.778. The Morgan fingerprint density at radius 1 is 1.50 bits per heavy atom. The standard InChI is InChI=1S/C12H19N3O/c1-8(2)7-13-12(16)6-11-9(3)14-15(5)10(11)4/h1,6-7H2,2-5H3,(H,13,16). The van der Waals surface area contributed by atoms with E-state index in [1.54, 1.807) is 4.68 Å². The molecule has 0 saturated carbocycles. The molecule has 0 radical (unpaired) electrons. The highest BCUT2D eigenvalue weighted by molar-refractivity contribution is 5.79. The summed E-state index contributed by atoms with van der Waals surface area (Å²) in [5.41, 5.74) is 3.93. The zero-order chi connectivity index (χ0) is 12.3. The van der Waals surface area contributed by atoms with Crippen molar-refractivity contribution in [2.45, 2.75) is 27.2 Å². The predicted octanol–water partition coefficient (Wildman–Crippen LogP) is 1.27. The summed E-state index contributed by atoms with van der Waals surface area (Å²) >= 11 is 0. The van der Waals surface area contributed by atoms with E-state index < -0.39 is 0 Å². The lowest BCUT2D eigenvalue weighted by atomic mass is 10.1. The Hall–Kier alpha value is -1.58. The van der Waals surface area contributed by atoms with Gasteiger partial charge >= 0.3 is 0 Å². The number of carbonyl (C=O) groups excluding carboxylic acids is 1. The highest BCUT2D eigenvalue weighted by atomic mass is 16.1. The molecule has 0 aliphatic rings. The van der Waals surface area contributed by atoms with Gasteiger partial charge in [0.1, 0.15) is 0 Å². The van der Waals surface area contributed by atoms with Gasteiger partial charge in [0, 0.05) is 24.8 Å². The lowest BCUT2D eigenvalue weighted by Gasteiger charge is -2.05. The number of hydrogen-bond donors (Lipinski definition) is 1. The van der Waals surface area contributed by atoms with E-state index in [-0.39, 0.29) is 5.91 Å². The first kappa shape index (κ1) is 12.5. The van der Waals surface area contributed by atoms with Gasteiger partial charge < -0.3 is 5.32 Å².